The SMILES string of the molecule is CN(C)S(=O)(=O)c1ccc2c(c1)nc(CCC(=O)OCC(=O)Nc1ccccc1F)n2C. The minimum absolute atomic E-state index is 0.00361. The molecule has 0 aliphatic rings. The molecule has 9 nitrogen and oxygen atoms in total. The van der Waals surface area contributed by atoms with E-state index in [9.17, 15) is 22.4 Å². The van der Waals surface area contributed by atoms with Gasteiger partial charge in [-0.15, -0.1) is 0 Å². The van der Waals surface area contributed by atoms with Crippen LogP contribution in [0.2, 0.25) is 0 Å². The van der Waals surface area contributed by atoms with Gasteiger partial charge in [0.2, 0.25) is 10.0 Å². The van der Waals surface area contributed by atoms with Crippen LogP contribution < -0.4 is 5.32 Å². The molecule has 0 saturated carbocycles. The molecule has 1 aromatic heterocycles. The van der Waals surface area contributed by atoms with Crippen LogP contribution in [0.15, 0.2) is 47.4 Å². The van der Waals surface area contributed by atoms with Crippen LogP contribution in [0.4, 0.5) is 10.1 Å². The van der Waals surface area contributed by atoms with Crippen LogP contribution in [0, 0.1) is 5.82 Å². The third-order valence-corrected chi connectivity index (χ3v) is 6.60. The molecule has 0 aliphatic heterocycles. The number of carbonyl (C=O) groups excluding carboxylic acids is 2. The first kappa shape index (κ1) is 23.4. The van der Waals surface area contributed by atoms with Crippen LogP contribution in [0.3, 0.4) is 0 Å². The molecular formula is C21H23FN4O5S. The maximum absolute atomic E-state index is 13.5. The Hall–Kier alpha value is -3.31. The van der Waals surface area contributed by atoms with E-state index in [2.05, 4.69) is 10.3 Å². The van der Waals surface area contributed by atoms with Crippen molar-refractivity contribution in [3.05, 3.63) is 54.1 Å². The van der Waals surface area contributed by atoms with Crippen LogP contribution in [0.5, 0.6) is 0 Å². The Labute approximate surface area is 184 Å². The second-order valence-electron chi connectivity index (χ2n) is 7.21. The van der Waals surface area contributed by atoms with Crippen LogP contribution in [-0.2, 0) is 37.8 Å². The fourth-order valence-electron chi connectivity index (χ4n) is 3.01. The maximum atomic E-state index is 13.5. The van der Waals surface area contributed by atoms with E-state index < -0.39 is 34.3 Å². The average molecular weight is 463 g/mol. The average Bonchev–Trinajstić information content (AvgIpc) is 3.07. The van der Waals surface area contributed by atoms with Gasteiger partial charge in [-0.05, 0) is 30.3 Å². The highest BCUT2D eigenvalue weighted by Gasteiger charge is 2.19. The second kappa shape index (κ2) is 9.45. The molecule has 0 fully saturated rings. The van der Waals surface area contributed by atoms with Crippen LogP contribution in [0.1, 0.15) is 12.2 Å². The van der Waals surface area contributed by atoms with Crippen LogP contribution >= 0.6 is 0 Å². The Morgan fingerprint density at radius 2 is 1.91 bits per heavy atom. The molecule has 170 valence electrons. The number of nitrogens with one attached hydrogen (secondary N) is 1. The summed E-state index contributed by atoms with van der Waals surface area (Å²) in [4.78, 5) is 28.4. The number of halogens is 1. The summed E-state index contributed by atoms with van der Waals surface area (Å²) in [5.74, 6) is -1.29. The zero-order valence-electron chi connectivity index (χ0n) is 17.8. The highest BCUT2D eigenvalue weighted by atomic mass is 32.2. The third kappa shape index (κ3) is 5.11. The molecule has 0 spiro atoms. The molecule has 0 unspecified atom stereocenters. The van der Waals surface area contributed by atoms with Crippen molar-refractivity contribution in [1.82, 2.24) is 13.9 Å². The number of aryl methyl sites for hydroxylation is 2. The largest absolute Gasteiger partial charge is 0.456 e. The van der Waals surface area contributed by atoms with Gasteiger partial charge in [0.05, 0.1) is 28.0 Å². The number of carbonyl (C=O) groups is 2. The van der Waals surface area contributed by atoms with Crippen LogP contribution in [0.25, 0.3) is 11.0 Å². The Morgan fingerprint density at radius 3 is 2.59 bits per heavy atom. The van der Waals surface area contributed by atoms with Gasteiger partial charge in [-0.1, -0.05) is 12.1 Å². The lowest BCUT2D eigenvalue weighted by Crippen LogP contribution is -2.22. The number of sulfonamides is 1. The molecule has 0 saturated heterocycles. The van der Waals surface area contributed by atoms with Gasteiger partial charge in [0.25, 0.3) is 5.91 Å². The smallest absolute Gasteiger partial charge is 0.306 e. The summed E-state index contributed by atoms with van der Waals surface area (Å²) in [7, 11) is 1.07. The van der Waals surface area contributed by atoms with E-state index in [1.807, 2.05) is 0 Å². The lowest BCUT2D eigenvalue weighted by Gasteiger charge is -2.10. The standard InChI is InChI=1S/C21H23FN4O5S/c1-25(2)32(29,30)14-8-9-18-17(12-14)23-19(26(18)3)10-11-21(28)31-13-20(27)24-16-7-5-4-6-15(16)22/h4-9,12H,10-11,13H2,1-3H3,(H,24,27). The normalized spacial score (nSPS) is 11.7. The fraction of sp³-hybridized carbons (Fsp3) is 0.286. The molecule has 2 aromatic carbocycles. The number of rotatable bonds is 8. The molecule has 3 rings (SSSR count). The summed E-state index contributed by atoms with van der Waals surface area (Å²) < 4.78 is 46.0. The van der Waals surface area contributed by atoms with E-state index in [1.165, 1.54) is 44.4 Å². The zero-order valence-corrected chi connectivity index (χ0v) is 18.6. The first-order chi connectivity index (χ1) is 15.1. The van der Waals surface area contributed by atoms with Gasteiger partial charge in [0.15, 0.2) is 6.61 Å². The molecule has 1 heterocycles. The predicted octanol–water partition coefficient (Wildman–Crippen LogP) is 2.08. The Morgan fingerprint density at radius 1 is 1.19 bits per heavy atom. The number of esters is 1. The van der Waals surface area contributed by atoms with Gasteiger partial charge >= 0.3 is 5.97 Å². The van der Waals surface area contributed by atoms with Crippen molar-refractivity contribution in [2.75, 3.05) is 26.0 Å². The summed E-state index contributed by atoms with van der Waals surface area (Å²) in [6.07, 6.45) is 0.196. The number of hydrogen-bond acceptors (Lipinski definition) is 6. The van der Waals surface area contributed by atoms with Crippen LogP contribution in [-0.4, -0.2) is 54.9 Å². The number of para-hydroxylation sites is 1. The summed E-state index contributed by atoms with van der Waals surface area (Å²) in [5.41, 5.74) is 1.21. The molecule has 1 N–H and O–H groups in total. The number of nitrogens with zero attached hydrogens (tertiary/aromatic N) is 3. The quantitative estimate of drug-likeness (QED) is 0.513. The van der Waals surface area contributed by atoms with Crippen molar-refractivity contribution in [2.45, 2.75) is 17.7 Å². The van der Waals surface area contributed by atoms with Gasteiger partial charge in [0.1, 0.15) is 11.6 Å². The summed E-state index contributed by atoms with van der Waals surface area (Å²) in [6.45, 7) is -0.540. The third-order valence-electron chi connectivity index (χ3n) is 4.79. The minimum atomic E-state index is -3.59. The zero-order chi connectivity index (χ0) is 23.5. The Balaban J connectivity index is 1.59. The molecule has 3 aromatic rings. The number of fused-ring (bicyclic) bond motifs is 1. The number of anilines is 1. The Bertz CT molecular complexity index is 1270. The molecule has 0 radical (unpaired) electrons. The Kier molecular flexibility index (Phi) is 6.90. The molecule has 0 bridgehead atoms. The highest BCUT2D eigenvalue weighted by molar-refractivity contribution is 7.89. The molecule has 1 amide bonds. The van der Waals surface area contributed by atoms with E-state index in [0.29, 0.717) is 11.3 Å². The molecule has 0 aliphatic carbocycles. The van der Waals surface area contributed by atoms with Gasteiger partial charge in [-0.25, -0.2) is 22.1 Å². The topological polar surface area (TPSA) is 111 Å². The van der Waals surface area contributed by atoms with E-state index >= 15 is 0 Å². The summed E-state index contributed by atoms with van der Waals surface area (Å²) >= 11 is 0. The predicted molar refractivity (Wildman–Crippen MR) is 116 cm³/mol. The van der Waals surface area contributed by atoms with E-state index in [0.717, 1.165) is 9.82 Å². The van der Waals surface area contributed by atoms with Gasteiger partial charge in [0, 0.05) is 27.6 Å². The number of amides is 1. The minimum Gasteiger partial charge on any atom is -0.456 e. The fourth-order valence-corrected chi connectivity index (χ4v) is 3.93. The molecule has 11 heteroatoms. The lowest BCUT2D eigenvalue weighted by atomic mass is 10.3. The van der Waals surface area contributed by atoms with Crippen molar-refractivity contribution < 1.29 is 27.1 Å². The number of hydrogen-bond donors (Lipinski definition) is 1. The van der Waals surface area contributed by atoms with E-state index in [1.54, 1.807) is 23.7 Å². The molecule has 0 atom stereocenters. The number of imidazole rings is 1. The lowest BCUT2D eigenvalue weighted by molar-refractivity contribution is -0.147. The monoisotopic (exact) mass is 462 g/mol. The number of ether oxygens (including phenoxy) is 1. The second-order valence-corrected chi connectivity index (χ2v) is 9.37. The molecule has 32 heavy (non-hydrogen) atoms. The van der Waals surface area contributed by atoms with Crippen molar-refractivity contribution in [3.8, 4) is 0 Å². The van der Waals surface area contributed by atoms with E-state index in [4.69, 9.17) is 4.74 Å². The summed E-state index contributed by atoms with van der Waals surface area (Å²) in [6, 6.07) is 10.3. The van der Waals surface area contributed by atoms with Gasteiger partial charge in [-0.3, -0.25) is 9.59 Å². The van der Waals surface area contributed by atoms with Crippen molar-refractivity contribution in [1.29, 1.82) is 0 Å². The van der Waals surface area contributed by atoms with Gasteiger partial charge in [-0.2, -0.15) is 0 Å². The highest BCUT2D eigenvalue weighted by Crippen LogP contribution is 2.22. The van der Waals surface area contributed by atoms with E-state index in [-0.39, 0.29) is 23.4 Å². The molecular weight excluding hydrogens is 439 g/mol. The number of benzene rings is 2. The van der Waals surface area contributed by atoms with Crippen molar-refractivity contribution >= 4 is 38.6 Å². The summed E-state index contributed by atoms with van der Waals surface area (Å²) in [5, 5.41) is 2.33. The van der Waals surface area contributed by atoms with Crippen molar-refractivity contribution in [3.63, 3.8) is 0 Å². The first-order valence-electron chi connectivity index (χ1n) is 9.67. The number of aromatic nitrogens is 2. The van der Waals surface area contributed by atoms with Crippen molar-refractivity contribution in [2.24, 2.45) is 7.05 Å². The first-order valence-corrected chi connectivity index (χ1v) is 11.1. The van der Waals surface area contributed by atoms with Gasteiger partial charge < -0.3 is 14.6 Å². The maximum Gasteiger partial charge on any atom is 0.306 e.